The number of Topliss-reactive ketones (excluding diaryl/α,β-unsaturated/α-hetero) is 1. The molecule has 1 amide bonds. The molecule has 7 nitrogen and oxygen atoms in total. The lowest BCUT2D eigenvalue weighted by Crippen LogP contribution is -2.29. The number of anilines is 1. The highest BCUT2D eigenvalue weighted by atomic mass is 35.5. The molecule has 0 saturated carbocycles. The van der Waals surface area contributed by atoms with Gasteiger partial charge in [-0.1, -0.05) is 42.0 Å². The molecule has 0 aliphatic carbocycles. The largest absolute Gasteiger partial charge is 0.507 e. The molecular weight excluding hydrogens is 488 g/mol. The van der Waals surface area contributed by atoms with Crippen LogP contribution in [0.1, 0.15) is 36.5 Å². The van der Waals surface area contributed by atoms with E-state index in [0.29, 0.717) is 45.1 Å². The van der Waals surface area contributed by atoms with Crippen molar-refractivity contribution in [2.24, 2.45) is 0 Å². The molecule has 1 aliphatic heterocycles. The third-order valence-electron chi connectivity index (χ3n) is 5.60. The number of hydrogen-bond donors (Lipinski definition) is 1. The van der Waals surface area contributed by atoms with Crippen LogP contribution in [-0.2, 0) is 9.59 Å². The molecule has 4 aromatic rings. The first kappa shape index (κ1) is 23.1. The summed E-state index contributed by atoms with van der Waals surface area (Å²) in [5, 5.41) is 12.1. The predicted molar refractivity (Wildman–Crippen MR) is 135 cm³/mol. The standard InChI is InChI=1S/C26H21ClN2O5S/c1-3-11-33-17-6-4-5-15(12-17)23(30)21-22(19-10-7-14(2)34-19)29(25(32)24(21)31)26-28-18-9-8-16(27)13-20(18)35-26/h4-10,12-13,22,30H,3,11H2,1-2H3/b23-21+. The molecule has 3 heterocycles. The molecule has 178 valence electrons. The van der Waals surface area contributed by atoms with Crippen molar-refractivity contribution >= 4 is 55.7 Å². The molecule has 1 fully saturated rings. The van der Waals surface area contributed by atoms with E-state index in [1.54, 1.807) is 61.5 Å². The van der Waals surface area contributed by atoms with Gasteiger partial charge in [0.15, 0.2) is 5.13 Å². The van der Waals surface area contributed by atoms with Gasteiger partial charge in [0, 0.05) is 10.6 Å². The van der Waals surface area contributed by atoms with Crippen molar-refractivity contribution in [1.29, 1.82) is 0 Å². The Kier molecular flexibility index (Phi) is 6.08. The Bertz CT molecular complexity index is 1490. The van der Waals surface area contributed by atoms with E-state index in [1.165, 1.54) is 16.2 Å². The molecule has 35 heavy (non-hydrogen) atoms. The Morgan fingerprint density at radius 3 is 2.77 bits per heavy atom. The Labute approximate surface area is 210 Å². The maximum Gasteiger partial charge on any atom is 0.302 e. The van der Waals surface area contributed by atoms with Crippen LogP contribution >= 0.6 is 22.9 Å². The van der Waals surface area contributed by atoms with Gasteiger partial charge in [-0.15, -0.1) is 0 Å². The highest BCUT2D eigenvalue weighted by molar-refractivity contribution is 7.22. The maximum atomic E-state index is 13.3. The first-order valence-electron chi connectivity index (χ1n) is 11.0. The van der Waals surface area contributed by atoms with E-state index >= 15 is 0 Å². The SMILES string of the molecule is CCCOc1cccc(/C(O)=C2\C(=O)C(=O)N(c3nc4ccc(Cl)cc4s3)C2c2ccc(C)o2)c1. The number of amides is 1. The summed E-state index contributed by atoms with van der Waals surface area (Å²) >= 11 is 7.35. The van der Waals surface area contributed by atoms with Crippen LogP contribution in [0.25, 0.3) is 16.0 Å². The van der Waals surface area contributed by atoms with Crippen LogP contribution in [-0.4, -0.2) is 28.4 Å². The van der Waals surface area contributed by atoms with Crippen LogP contribution in [0.15, 0.2) is 64.6 Å². The van der Waals surface area contributed by atoms with Crippen molar-refractivity contribution in [2.45, 2.75) is 26.3 Å². The molecule has 1 aliphatic rings. The summed E-state index contributed by atoms with van der Waals surface area (Å²) in [6.45, 7) is 4.28. The van der Waals surface area contributed by atoms with Crippen LogP contribution in [0.2, 0.25) is 5.02 Å². The van der Waals surface area contributed by atoms with Gasteiger partial charge in [-0.25, -0.2) is 4.98 Å². The summed E-state index contributed by atoms with van der Waals surface area (Å²) in [6, 6.07) is 14.5. The fourth-order valence-corrected chi connectivity index (χ4v) is 5.27. The quantitative estimate of drug-likeness (QED) is 0.187. The highest BCUT2D eigenvalue weighted by Gasteiger charge is 2.49. The minimum Gasteiger partial charge on any atom is -0.507 e. The van der Waals surface area contributed by atoms with E-state index in [9.17, 15) is 14.7 Å². The average molecular weight is 509 g/mol. The van der Waals surface area contributed by atoms with Crippen LogP contribution < -0.4 is 9.64 Å². The normalized spacial score (nSPS) is 17.5. The lowest BCUT2D eigenvalue weighted by atomic mass is 9.99. The topological polar surface area (TPSA) is 92.9 Å². The molecule has 2 aromatic heterocycles. The number of hydrogen-bond acceptors (Lipinski definition) is 7. The van der Waals surface area contributed by atoms with E-state index in [2.05, 4.69) is 4.98 Å². The number of thiazole rings is 1. The van der Waals surface area contributed by atoms with Crippen LogP contribution in [0, 0.1) is 6.92 Å². The third kappa shape index (κ3) is 4.19. The van der Waals surface area contributed by atoms with Crippen LogP contribution in [0.5, 0.6) is 5.75 Å². The number of rotatable bonds is 6. The maximum absolute atomic E-state index is 13.3. The van der Waals surface area contributed by atoms with Gasteiger partial charge in [0.1, 0.15) is 29.1 Å². The minimum atomic E-state index is -0.986. The number of aliphatic hydroxyl groups excluding tert-OH is 1. The summed E-state index contributed by atoms with van der Waals surface area (Å²) in [7, 11) is 0. The Hall–Kier alpha value is -3.62. The lowest BCUT2D eigenvalue weighted by Gasteiger charge is -2.20. The summed E-state index contributed by atoms with van der Waals surface area (Å²) in [5.41, 5.74) is 0.932. The molecule has 9 heteroatoms. The molecule has 2 aromatic carbocycles. The Morgan fingerprint density at radius 2 is 2.03 bits per heavy atom. The first-order valence-corrected chi connectivity index (χ1v) is 12.2. The predicted octanol–water partition coefficient (Wildman–Crippen LogP) is 6.27. The fourth-order valence-electron chi connectivity index (χ4n) is 4.00. The van der Waals surface area contributed by atoms with E-state index in [4.69, 9.17) is 20.8 Å². The summed E-state index contributed by atoms with van der Waals surface area (Å²) < 4.78 is 12.3. The number of furan rings is 1. The van der Waals surface area contributed by atoms with Gasteiger partial charge in [0.2, 0.25) is 0 Å². The number of aromatic nitrogens is 1. The zero-order chi connectivity index (χ0) is 24.7. The van der Waals surface area contributed by atoms with E-state index in [0.717, 1.165) is 11.1 Å². The number of halogens is 1. The number of aliphatic hydroxyl groups is 1. The van der Waals surface area contributed by atoms with Gasteiger partial charge >= 0.3 is 5.91 Å². The number of ether oxygens (including phenoxy) is 1. The molecular formula is C26H21ClN2O5S. The highest BCUT2D eigenvalue weighted by Crippen LogP contribution is 2.45. The lowest BCUT2D eigenvalue weighted by molar-refractivity contribution is -0.132. The monoisotopic (exact) mass is 508 g/mol. The third-order valence-corrected chi connectivity index (χ3v) is 6.85. The van der Waals surface area contributed by atoms with Crippen LogP contribution in [0.3, 0.4) is 0 Å². The second kappa shape index (κ2) is 9.20. The zero-order valence-electron chi connectivity index (χ0n) is 18.9. The van der Waals surface area contributed by atoms with Gasteiger partial charge in [-0.3, -0.25) is 14.5 Å². The summed E-state index contributed by atoms with van der Waals surface area (Å²) in [4.78, 5) is 32.4. The van der Waals surface area contributed by atoms with E-state index < -0.39 is 17.7 Å². The summed E-state index contributed by atoms with van der Waals surface area (Å²) in [6.07, 6.45) is 0.826. The van der Waals surface area contributed by atoms with Gasteiger partial charge in [-0.05, 0) is 55.8 Å². The molecule has 5 rings (SSSR count). The second-order valence-electron chi connectivity index (χ2n) is 8.10. The molecule has 0 radical (unpaired) electrons. The van der Waals surface area contributed by atoms with Gasteiger partial charge in [0.25, 0.3) is 5.78 Å². The number of aryl methyl sites for hydroxylation is 1. The van der Waals surface area contributed by atoms with Crippen molar-refractivity contribution in [3.63, 3.8) is 0 Å². The molecule has 1 saturated heterocycles. The second-order valence-corrected chi connectivity index (χ2v) is 9.55. The van der Waals surface area contributed by atoms with E-state index in [-0.39, 0.29) is 11.3 Å². The van der Waals surface area contributed by atoms with E-state index in [1.807, 2.05) is 6.92 Å². The van der Waals surface area contributed by atoms with Crippen molar-refractivity contribution in [2.75, 3.05) is 11.5 Å². The number of carbonyl (C=O) groups is 2. The van der Waals surface area contributed by atoms with Gasteiger partial charge in [-0.2, -0.15) is 0 Å². The fraction of sp³-hybridized carbons (Fsp3) is 0.192. The zero-order valence-corrected chi connectivity index (χ0v) is 20.5. The number of carbonyl (C=O) groups excluding carboxylic acids is 2. The average Bonchev–Trinajstić information content (AvgIpc) is 3.53. The van der Waals surface area contributed by atoms with Crippen molar-refractivity contribution in [3.05, 3.63) is 82.3 Å². The number of fused-ring (bicyclic) bond motifs is 1. The van der Waals surface area contributed by atoms with Crippen molar-refractivity contribution in [1.82, 2.24) is 4.98 Å². The molecule has 1 N–H and O–H groups in total. The number of benzene rings is 2. The van der Waals surface area contributed by atoms with Crippen molar-refractivity contribution < 1.29 is 23.8 Å². The van der Waals surface area contributed by atoms with Gasteiger partial charge < -0.3 is 14.3 Å². The number of nitrogens with zero attached hydrogens (tertiary/aromatic N) is 2. The first-order chi connectivity index (χ1) is 16.9. The molecule has 0 spiro atoms. The Balaban J connectivity index is 1.67. The smallest absolute Gasteiger partial charge is 0.302 e. The molecule has 1 unspecified atom stereocenters. The van der Waals surface area contributed by atoms with Crippen molar-refractivity contribution in [3.8, 4) is 5.75 Å². The number of ketones is 1. The van der Waals surface area contributed by atoms with Gasteiger partial charge in [0.05, 0.1) is 22.4 Å². The molecule has 0 bridgehead atoms. The Morgan fingerprint density at radius 1 is 1.20 bits per heavy atom. The minimum absolute atomic E-state index is 0.0747. The van der Waals surface area contributed by atoms with Crippen LogP contribution in [0.4, 0.5) is 5.13 Å². The molecule has 1 atom stereocenters. The summed E-state index contributed by atoms with van der Waals surface area (Å²) in [5.74, 6) is -0.419.